The lowest BCUT2D eigenvalue weighted by Gasteiger charge is -2.31. The molecule has 3 aromatic rings. The van der Waals surface area contributed by atoms with Crippen molar-refractivity contribution in [2.24, 2.45) is 11.7 Å². The molecule has 1 fully saturated rings. The summed E-state index contributed by atoms with van der Waals surface area (Å²) in [5, 5.41) is 3.17. The van der Waals surface area contributed by atoms with Crippen molar-refractivity contribution >= 4 is 11.6 Å². The highest BCUT2D eigenvalue weighted by atomic mass is 16.5. The van der Waals surface area contributed by atoms with E-state index in [0.29, 0.717) is 30.4 Å². The number of aryl methyl sites for hydroxylation is 1. The monoisotopic (exact) mass is 392 g/mol. The molecule has 1 aliphatic carbocycles. The van der Waals surface area contributed by atoms with Crippen LogP contribution in [0.15, 0.2) is 48.8 Å². The Hall–Kier alpha value is -2.86. The third kappa shape index (κ3) is 4.59. The molecule has 6 nitrogen and oxygen atoms in total. The molecule has 0 spiro atoms. The van der Waals surface area contributed by atoms with Gasteiger partial charge in [0.1, 0.15) is 18.0 Å². The van der Waals surface area contributed by atoms with Crippen LogP contribution in [-0.2, 0) is 6.61 Å². The molecule has 2 aromatic heterocycles. The molecule has 2 heterocycles. The molecular formula is C23H28N4O2. The summed E-state index contributed by atoms with van der Waals surface area (Å²) in [6.45, 7) is 3.02. The third-order valence-corrected chi connectivity index (χ3v) is 5.66. The fourth-order valence-corrected chi connectivity index (χ4v) is 4.04. The lowest BCUT2D eigenvalue weighted by atomic mass is 9.84. The zero-order valence-electron chi connectivity index (χ0n) is 16.8. The molecule has 3 N–H and O–H groups in total. The number of carbonyl (C=O) groups excluding carboxylic acids is 1. The zero-order chi connectivity index (χ0) is 20.2. The number of hydrogen-bond donors (Lipinski definition) is 2. The van der Waals surface area contributed by atoms with Gasteiger partial charge in [-0.05, 0) is 62.1 Å². The lowest BCUT2D eigenvalue weighted by Crippen LogP contribution is -2.44. The van der Waals surface area contributed by atoms with Crippen molar-refractivity contribution in [3.05, 3.63) is 65.6 Å². The summed E-state index contributed by atoms with van der Waals surface area (Å²) >= 11 is 0. The zero-order valence-corrected chi connectivity index (χ0v) is 16.8. The van der Waals surface area contributed by atoms with Gasteiger partial charge in [0.15, 0.2) is 0 Å². The lowest BCUT2D eigenvalue weighted by molar-refractivity contribution is 0.0907. The Labute approximate surface area is 171 Å². The summed E-state index contributed by atoms with van der Waals surface area (Å²) in [5.41, 5.74) is 9.41. The second kappa shape index (κ2) is 8.66. The Morgan fingerprint density at radius 2 is 2.10 bits per heavy atom. The van der Waals surface area contributed by atoms with Crippen LogP contribution < -0.4 is 15.8 Å². The van der Waals surface area contributed by atoms with Crippen molar-refractivity contribution in [2.45, 2.75) is 45.3 Å². The van der Waals surface area contributed by atoms with Gasteiger partial charge >= 0.3 is 0 Å². The fraction of sp³-hybridized carbons (Fsp3) is 0.391. The molecule has 1 aromatic carbocycles. The summed E-state index contributed by atoms with van der Waals surface area (Å²) in [4.78, 5) is 17.3. The van der Waals surface area contributed by atoms with Crippen LogP contribution in [-0.4, -0.2) is 27.9 Å². The van der Waals surface area contributed by atoms with E-state index in [1.807, 2.05) is 47.1 Å². The number of ether oxygens (including phenoxy) is 1. The van der Waals surface area contributed by atoms with Crippen molar-refractivity contribution in [2.75, 3.05) is 6.54 Å². The van der Waals surface area contributed by atoms with Crippen molar-refractivity contribution in [3.8, 4) is 5.75 Å². The van der Waals surface area contributed by atoms with Gasteiger partial charge in [0, 0.05) is 24.0 Å². The molecule has 6 heteroatoms. The first kappa shape index (κ1) is 19.5. The van der Waals surface area contributed by atoms with E-state index in [1.165, 1.54) is 12.0 Å². The minimum atomic E-state index is -0.0657. The highest BCUT2D eigenvalue weighted by molar-refractivity contribution is 5.94. The van der Waals surface area contributed by atoms with Gasteiger partial charge in [0.2, 0.25) is 0 Å². The average Bonchev–Trinajstić information content (AvgIpc) is 3.15. The summed E-state index contributed by atoms with van der Waals surface area (Å²) in [6, 6.07) is 11.5. The third-order valence-electron chi connectivity index (χ3n) is 5.66. The van der Waals surface area contributed by atoms with Crippen molar-refractivity contribution in [1.82, 2.24) is 14.7 Å². The van der Waals surface area contributed by atoms with Gasteiger partial charge < -0.3 is 20.2 Å². The molecule has 2 atom stereocenters. The molecule has 1 aliphatic rings. The molecular weight excluding hydrogens is 364 g/mol. The largest absolute Gasteiger partial charge is 0.487 e. The summed E-state index contributed by atoms with van der Waals surface area (Å²) in [5.74, 6) is 0.958. The van der Waals surface area contributed by atoms with Crippen LogP contribution in [0.5, 0.6) is 5.75 Å². The highest BCUT2D eigenvalue weighted by Gasteiger charge is 2.25. The number of aromatic nitrogens is 2. The van der Waals surface area contributed by atoms with Crippen LogP contribution in [0.25, 0.3) is 5.65 Å². The van der Waals surface area contributed by atoms with Crippen molar-refractivity contribution in [3.63, 3.8) is 0 Å². The number of rotatable bonds is 6. The van der Waals surface area contributed by atoms with E-state index >= 15 is 0 Å². The van der Waals surface area contributed by atoms with E-state index in [0.717, 1.165) is 30.6 Å². The second-order valence-electron chi connectivity index (χ2n) is 7.88. The SMILES string of the molecule is Cc1ccc2nc(COc3cccc(C(=O)NC4CCCCC4CN)c3)cn2c1. The van der Waals surface area contributed by atoms with E-state index in [1.54, 1.807) is 6.07 Å². The van der Waals surface area contributed by atoms with Crippen molar-refractivity contribution in [1.29, 1.82) is 0 Å². The summed E-state index contributed by atoms with van der Waals surface area (Å²) in [7, 11) is 0. The highest BCUT2D eigenvalue weighted by Crippen LogP contribution is 2.24. The Bertz CT molecular complexity index is 997. The van der Waals surface area contributed by atoms with E-state index in [9.17, 15) is 4.79 Å². The standard InChI is InChI=1S/C23H28N4O2/c1-16-9-10-22-25-19(14-27(22)13-16)15-29-20-7-4-6-17(11-20)23(28)26-21-8-3-2-5-18(21)12-24/h4,6-7,9-11,13-14,18,21H,2-3,5,8,12,15,24H2,1H3,(H,26,28). The van der Waals surface area contributed by atoms with E-state index in [-0.39, 0.29) is 11.9 Å². The predicted molar refractivity (Wildman–Crippen MR) is 113 cm³/mol. The molecule has 152 valence electrons. The number of nitrogens with two attached hydrogens (primary N) is 1. The van der Waals surface area contributed by atoms with Crippen LogP contribution in [0.2, 0.25) is 0 Å². The van der Waals surface area contributed by atoms with Gasteiger partial charge in [0.05, 0.1) is 5.69 Å². The van der Waals surface area contributed by atoms with Gasteiger partial charge in [-0.2, -0.15) is 0 Å². The average molecular weight is 393 g/mol. The van der Waals surface area contributed by atoms with E-state index in [2.05, 4.69) is 17.2 Å². The van der Waals surface area contributed by atoms with Gasteiger partial charge in [0.25, 0.3) is 5.91 Å². The van der Waals surface area contributed by atoms with E-state index in [4.69, 9.17) is 10.5 Å². The Balaban J connectivity index is 1.40. The van der Waals surface area contributed by atoms with Crippen LogP contribution in [0.1, 0.15) is 47.3 Å². The summed E-state index contributed by atoms with van der Waals surface area (Å²) in [6.07, 6.45) is 8.43. The number of nitrogens with zero attached hydrogens (tertiary/aromatic N) is 2. The van der Waals surface area contributed by atoms with Gasteiger partial charge in [-0.1, -0.05) is 25.0 Å². The van der Waals surface area contributed by atoms with Gasteiger partial charge in [-0.15, -0.1) is 0 Å². The Kier molecular flexibility index (Phi) is 5.81. The maximum atomic E-state index is 12.7. The summed E-state index contributed by atoms with van der Waals surface area (Å²) < 4.78 is 7.90. The first-order chi connectivity index (χ1) is 14.1. The quantitative estimate of drug-likeness (QED) is 0.673. The maximum Gasteiger partial charge on any atom is 0.251 e. The molecule has 4 rings (SSSR count). The van der Waals surface area contributed by atoms with Crippen LogP contribution in [0.4, 0.5) is 0 Å². The second-order valence-corrected chi connectivity index (χ2v) is 7.88. The Morgan fingerprint density at radius 1 is 1.24 bits per heavy atom. The van der Waals surface area contributed by atoms with Crippen LogP contribution >= 0.6 is 0 Å². The molecule has 0 aliphatic heterocycles. The molecule has 1 saturated carbocycles. The number of imidazole rings is 1. The maximum absolute atomic E-state index is 12.7. The van der Waals surface area contributed by atoms with Gasteiger partial charge in [-0.3, -0.25) is 4.79 Å². The molecule has 0 saturated heterocycles. The molecule has 0 radical (unpaired) electrons. The molecule has 0 bridgehead atoms. The molecule has 2 unspecified atom stereocenters. The van der Waals surface area contributed by atoms with Crippen LogP contribution in [0.3, 0.4) is 0 Å². The smallest absolute Gasteiger partial charge is 0.251 e. The first-order valence-electron chi connectivity index (χ1n) is 10.3. The fourth-order valence-electron chi connectivity index (χ4n) is 4.04. The normalized spacial score (nSPS) is 19.2. The number of nitrogens with one attached hydrogen (secondary N) is 1. The van der Waals surface area contributed by atoms with Crippen molar-refractivity contribution < 1.29 is 9.53 Å². The minimum Gasteiger partial charge on any atom is -0.487 e. The number of amides is 1. The number of carbonyl (C=O) groups is 1. The minimum absolute atomic E-state index is 0.0657. The topological polar surface area (TPSA) is 81.6 Å². The molecule has 1 amide bonds. The number of fused-ring (bicyclic) bond motifs is 1. The predicted octanol–water partition coefficient (Wildman–Crippen LogP) is 3.47. The van der Waals surface area contributed by atoms with E-state index < -0.39 is 0 Å². The number of benzene rings is 1. The Morgan fingerprint density at radius 3 is 2.97 bits per heavy atom. The molecule has 29 heavy (non-hydrogen) atoms. The van der Waals surface area contributed by atoms with Gasteiger partial charge in [-0.25, -0.2) is 4.98 Å². The first-order valence-corrected chi connectivity index (χ1v) is 10.3. The number of hydrogen-bond acceptors (Lipinski definition) is 4. The number of pyridine rings is 1. The van der Waals surface area contributed by atoms with Crippen LogP contribution in [0, 0.1) is 12.8 Å².